The van der Waals surface area contributed by atoms with E-state index in [-0.39, 0.29) is 24.0 Å². The van der Waals surface area contributed by atoms with Crippen molar-refractivity contribution < 1.29 is 18.0 Å². The highest BCUT2D eigenvalue weighted by molar-refractivity contribution is 5.94. The fraction of sp³-hybridized carbons (Fsp3) is 0.278. The van der Waals surface area contributed by atoms with E-state index in [2.05, 4.69) is 0 Å². The molecule has 2 aromatic carbocycles. The van der Waals surface area contributed by atoms with Gasteiger partial charge < -0.3 is 15.5 Å². The molecule has 140 valence electrons. The van der Waals surface area contributed by atoms with Crippen LogP contribution in [0.5, 0.6) is 0 Å². The van der Waals surface area contributed by atoms with Crippen molar-refractivity contribution >= 4 is 29.7 Å². The molecule has 1 amide bonds. The lowest BCUT2D eigenvalue weighted by Crippen LogP contribution is -2.49. The Kier molecular flexibility index (Phi) is 6.02. The number of benzene rings is 2. The maximum Gasteiger partial charge on any atom is 0.416 e. The molecule has 0 atom stereocenters. The van der Waals surface area contributed by atoms with Crippen molar-refractivity contribution in [3.05, 3.63) is 59.7 Å². The molecular weight excluding hydrogens is 367 g/mol. The van der Waals surface area contributed by atoms with Crippen molar-refractivity contribution in [3.63, 3.8) is 0 Å². The first-order valence-electron chi connectivity index (χ1n) is 7.92. The number of amides is 1. The summed E-state index contributed by atoms with van der Waals surface area (Å²) in [6.07, 6.45) is -4.41. The zero-order valence-corrected chi connectivity index (χ0v) is 14.7. The molecule has 0 radical (unpaired) electrons. The molecule has 2 aromatic rings. The number of hydrogen-bond acceptors (Lipinski definition) is 3. The van der Waals surface area contributed by atoms with Gasteiger partial charge in [-0.3, -0.25) is 4.79 Å². The Morgan fingerprint density at radius 3 is 2.12 bits per heavy atom. The van der Waals surface area contributed by atoms with Crippen LogP contribution in [0.15, 0.2) is 48.5 Å². The van der Waals surface area contributed by atoms with Gasteiger partial charge in [0.25, 0.3) is 5.91 Å². The first-order valence-corrected chi connectivity index (χ1v) is 7.92. The molecule has 0 bridgehead atoms. The Balaban J connectivity index is 0.00000243. The van der Waals surface area contributed by atoms with Crippen LogP contribution in [0.3, 0.4) is 0 Å². The smallest absolute Gasteiger partial charge is 0.397 e. The van der Waals surface area contributed by atoms with E-state index in [1.165, 1.54) is 6.07 Å². The van der Waals surface area contributed by atoms with E-state index < -0.39 is 11.7 Å². The highest BCUT2D eigenvalue weighted by Crippen LogP contribution is 2.34. The Labute approximate surface area is 155 Å². The van der Waals surface area contributed by atoms with E-state index in [4.69, 9.17) is 5.73 Å². The minimum Gasteiger partial charge on any atom is -0.397 e. The molecule has 1 heterocycles. The number of halogens is 4. The molecule has 0 unspecified atom stereocenters. The van der Waals surface area contributed by atoms with Crippen LogP contribution in [0, 0.1) is 0 Å². The third-order valence-electron chi connectivity index (χ3n) is 4.28. The molecule has 1 saturated heterocycles. The number of nitrogens with zero attached hydrogens (tertiary/aromatic N) is 2. The van der Waals surface area contributed by atoms with Crippen LogP contribution in [0.4, 0.5) is 24.5 Å². The van der Waals surface area contributed by atoms with Crippen molar-refractivity contribution in [2.75, 3.05) is 36.8 Å². The molecule has 1 aliphatic heterocycles. The summed E-state index contributed by atoms with van der Waals surface area (Å²) in [6, 6.07) is 12.4. The van der Waals surface area contributed by atoms with E-state index >= 15 is 0 Å². The van der Waals surface area contributed by atoms with Crippen LogP contribution in [0.1, 0.15) is 15.9 Å². The van der Waals surface area contributed by atoms with E-state index in [0.717, 1.165) is 12.1 Å². The maximum absolute atomic E-state index is 12.7. The van der Waals surface area contributed by atoms with E-state index in [1.807, 2.05) is 23.1 Å². The van der Waals surface area contributed by atoms with Gasteiger partial charge in [0.15, 0.2) is 0 Å². The summed E-state index contributed by atoms with van der Waals surface area (Å²) in [7, 11) is 0. The minimum atomic E-state index is -4.41. The fourth-order valence-electron chi connectivity index (χ4n) is 2.93. The van der Waals surface area contributed by atoms with Gasteiger partial charge in [-0.2, -0.15) is 13.2 Å². The molecule has 0 aliphatic carbocycles. The summed E-state index contributed by atoms with van der Waals surface area (Å²) < 4.78 is 38.2. The van der Waals surface area contributed by atoms with Crippen LogP contribution in [0.2, 0.25) is 0 Å². The SMILES string of the molecule is Cl.Nc1cc(C(F)(F)F)ccc1N1CCN(C(=O)c2ccccc2)CC1. The van der Waals surface area contributed by atoms with Gasteiger partial charge in [-0.05, 0) is 30.3 Å². The van der Waals surface area contributed by atoms with Gasteiger partial charge in [0.2, 0.25) is 0 Å². The number of rotatable bonds is 2. The summed E-state index contributed by atoms with van der Waals surface area (Å²) in [5, 5.41) is 0. The topological polar surface area (TPSA) is 49.6 Å². The van der Waals surface area contributed by atoms with E-state index in [0.29, 0.717) is 37.4 Å². The highest BCUT2D eigenvalue weighted by Gasteiger charge is 2.31. The van der Waals surface area contributed by atoms with Crippen LogP contribution in [-0.4, -0.2) is 37.0 Å². The fourth-order valence-corrected chi connectivity index (χ4v) is 2.93. The van der Waals surface area contributed by atoms with Crippen molar-refractivity contribution in [1.29, 1.82) is 0 Å². The molecule has 1 aliphatic rings. The van der Waals surface area contributed by atoms with Gasteiger partial charge in [0, 0.05) is 31.7 Å². The Hall–Kier alpha value is -2.41. The lowest BCUT2D eigenvalue weighted by molar-refractivity contribution is -0.137. The van der Waals surface area contributed by atoms with Gasteiger partial charge in [0.05, 0.1) is 16.9 Å². The van der Waals surface area contributed by atoms with Gasteiger partial charge in [-0.15, -0.1) is 12.4 Å². The van der Waals surface area contributed by atoms with E-state index in [1.54, 1.807) is 17.0 Å². The standard InChI is InChI=1S/C18H18F3N3O.ClH/c19-18(20,21)14-6-7-16(15(22)12-14)23-8-10-24(11-9-23)17(25)13-4-2-1-3-5-13;/h1-7,12H,8-11,22H2;1H. The highest BCUT2D eigenvalue weighted by atomic mass is 35.5. The monoisotopic (exact) mass is 385 g/mol. The summed E-state index contributed by atoms with van der Waals surface area (Å²) in [5.74, 6) is -0.0411. The molecule has 0 spiro atoms. The second-order valence-corrected chi connectivity index (χ2v) is 5.92. The van der Waals surface area contributed by atoms with Crippen molar-refractivity contribution in [2.24, 2.45) is 0 Å². The quantitative estimate of drug-likeness (QED) is 0.802. The largest absolute Gasteiger partial charge is 0.416 e. The first-order chi connectivity index (χ1) is 11.9. The van der Waals surface area contributed by atoms with E-state index in [9.17, 15) is 18.0 Å². The summed E-state index contributed by atoms with van der Waals surface area (Å²) in [6.45, 7) is 2.03. The summed E-state index contributed by atoms with van der Waals surface area (Å²) >= 11 is 0. The predicted octanol–water partition coefficient (Wildman–Crippen LogP) is 3.67. The van der Waals surface area contributed by atoms with Crippen LogP contribution in [-0.2, 0) is 6.18 Å². The molecule has 2 N–H and O–H groups in total. The lowest BCUT2D eigenvalue weighted by Gasteiger charge is -2.36. The average molecular weight is 386 g/mol. The van der Waals surface area contributed by atoms with Crippen molar-refractivity contribution in [3.8, 4) is 0 Å². The molecule has 4 nitrogen and oxygen atoms in total. The Morgan fingerprint density at radius 2 is 1.58 bits per heavy atom. The number of hydrogen-bond donors (Lipinski definition) is 1. The number of anilines is 2. The number of nitrogen functional groups attached to an aromatic ring is 1. The molecular formula is C18H19ClF3N3O. The molecule has 26 heavy (non-hydrogen) atoms. The van der Waals surface area contributed by atoms with Crippen molar-refractivity contribution in [2.45, 2.75) is 6.18 Å². The number of alkyl halides is 3. The predicted molar refractivity (Wildman–Crippen MR) is 97.7 cm³/mol. The number of carbonyl (C=O) groups excluding carboxylic acids is 1. The van der Waals surface area contributed by atoms with Gasteiger partial charge in [-0.25, -0.2) is 0 Å². The third kappa shape index (κ3) is 4.22. The number of carbonyl (C=O) groups is 1. The number of nitrogens with two attached hydrogens (primary N) is 1. The van der Waals surface area contributed by atoms with Crippen LogP contribution >= 0.6 is 12.4 Å². The summed E-state index contributed by atoms with van der Waals surface area (Å²) in [5.41, 5.74) is 6.35. The second-order valence-electron chi connectivity index (χ2n) is 5.92. The van der Waals surface area contributed by atoms with Crippen LogP contribution < -0.4 is 10.6 Å². The average Bonchev–Trinajstić information content (AvgIpc) is 2.61. The molecule has 0 aromatic heterocycles. The zero-order valence-electron chi connectivity index (χ0n) is 13.9. The molecule has 8 heteroatoms. The third-order valence-corrected chi connectivity index (χ3v) is 4.28. The second kappa shape index (κ2) is 7.86. The molecule has 0 saturated carbocycles. The van der Waals surface area contributed by atoms with Crippen LogP contribution in [0.25, 0.3) is 0 Å². The van der Waals surface area contributed by atoms with Gasteiger partial charge >= 0.3 is 6.18 Å². The maximum atomic E-state index is 12.7. The summed E-state index contributed by atoms with van der Waals surface area (Å²) in [4.78, 5) is 16.1. The van der Waals surface area contributed by atoms with Gasteiger partial charge in [-0.1, -0.05) is 18.2 Å². The first kappa shape index (κ1) is 19.9. The van der Waals surface area contributed by atoms with Gasteiger partial charge in [0.1, 0.15) is 0 Å². The Morgan fingerprint density at radius 1 is 0.962 bits per heavy atom. The molecule has 3 rings (SSSR count). The Bertz CT molecular complexity index is 760. The van der Waals surface area contributed by atoms with Crippen molar-refractivity contribution in [1.82, 2.24) is 4.90 Å². The number of piperazine rings is 1. The zero-order chi connectivity index (χ0) is 18.0. The molecule has 1 fully saturated rings. The minimum absolute atomic E-state index is 0. The lowest BCUT2D eigenvalue weighted by atomic mass is 10.1. The normalized spacial score (nSPS) is 14.7.